The van der Waals surface area contributed by atoms with Gasteiger partial charge < -0.3 is 15.5 Å². The lowest BCUT2D eigenvalue weighted by Gasteiger charge is -2.40. The highest BCUT2D eigenvalue weighted by atomic mass is 16.2. The van der Waals surface area contributed by atoms with E-state index in [0.29, 0.717) is 12.6 Å². The summed E-state index contributed by atoms with van der Waals surface area (Å²) in [7, 11) is 0. The van der Waals surface area contributed by atoms with Crippen molar-refractivity contribution in [1.29, 1.82) is 0 Å². The van der Waals surface area contributed by atoms with Crippen LogP contribution in [-0.4, -0.2) is 48.1 Å². The van der Waals surface area contributed by atoms with Gasteiger partial charge in [-0.15, -0.1) is 0 Å². The van der Waals surface area contributed by atoms with Gasteiger partial charge in [-0.05, 0) is 46.1 Å². The van der Waals surface area contributed by atoms with E-state index in [4.69, 9.17) is 5.73 Å². The first-order valence-electron chi connectivity index (χ1n) is 6.50. The average molecular weight is 227 g/mol. The van der Waals surface area contributed by atoms with Gasteiger partial charge in [0.25, 0.3) is 0 Å². The van der Waals surface area contributed by atoms with Crippen molar-refractivity contribution in [2.45, 2.75) is 45.6 Å². The van der Waals surface area contributed by atoms with Gasteiger partial charge >= 0.3 is 6.03 Å². The number of hydrogen-bond donors (Lipinski definition) is 1. The predicted molar refractivity (Wildman–Crippen MR) is 66.3 cm³/mol. The van der Waals surface area contributed by atoms with Gasteiger partial charge in [-0.3, -0.25) is 0 Å². The topological polar surface area (TPSA) is 49.6 Å². The summed E-state index contributed by atoms with van der Waals surface area (Å²) in [6.45, 7) is 7.13. The molecular weight excluding hydrogens is 202 g/mol. The minimum Gasteiger partial charge on any atom is -0.330 e. The Morgan fingerprint density at radius 2 is 1.94 bits per heavy atom. The quantitative estimate of drug-likeness (QED) is 0.750. The van der Waals surface area contributed by atoms with Gasteiger partial charge in [0.1, 0.15) is 0 Å². The number of rotatable bonds is 6. The Kier molecular flexibility index (Phi) is 5.60. The molecule has 0 aromatic carbocycles. The third kappa shape index (κ3) is 3.11. The van der Waals surface area contributed by atoms with Crippen LogP contribution in [0.15, 0.2) is 0 Å². The van der Waals surface area contributed by atoms with Crippen molar-refractivity contribution in [2.75, 3.05) is 26.2 Å². The second-order valence-electron chi connectivity index (χ2n) is 4.38. The molecule has 2 amide bonds. The van der Waals surface area contributed by atoms with Crippen molar-refractivity contribution in [2.24, 2.45) is 5.73 Å². The molecule has 1 saturated carbocycles. The van der Waals surface area contributed by atoms with E-state index in [1.165, 1.54) is 6.42 Å². The maximum Gasteiger partial charge on any atom is 0.320 e. The molecule has 4 heteroatoms. The van der Waals surface area contributed by atoms with Crippen LogP contribution in [0.1, 0.15) is 39.5 Å². The molecule has 1 aliphatic carbocycles. The largest absolute Gasteiger partial charge is 0.330 e. The van der Waals surface area contributed by atoms with E-state index in [-0.39, 0.29) is 6.03 Å². The lowest BCUT2D eigenvalue weighted by molar-refractivity contribution is 0.108. The molecule has 1 rings (SSSR count). The maximum absolute atomic E-state index is 12.3. The Labute approximate surface area is 98.8 Å². The first-order chi connectivity index (χ1) is 7.74. The average Bonchev–Trinajstić information content (AvgIpc) is 2.22. The van der Waals surface area contributed by atoms with E-state index in [2.05, 4.69) is 0 Å². The Bertz CT molecular complexity index is 212. The molecule has 0 unspecified atom stereocenters. The smallest absolute Gasteiger partial charge is 0.320 e. The number of nitrogens with zero attached hydrogens (tertiary/aromatic N) is 2. The standard InChI is InChI=1S/C12H25N3O/c1-3-14(4-2)12(16)15(10-6-9-13)11-7-5-8-11/h11H,3-10,13H2,1-2H3. The fourth-order valence-electron chi connectivity index (χ4n) is 2.07. The number of amides is 2. The molecular formula is C12H25N3O. The Hall–Kier alpha value is -0.770. The molecule has 0 aliphatic heterocycles. The number of urea groups is 1. The van der Waals surface area contributed by atoms with E-state index in [0.717, 1.165) is 38.9 Å². The van der Waals surface area contributed by atoms with Gasteiger partial charge in [-0.2, -0.15) is 0 Å². The SMILES string of the molecule is CCN(CC)C(=O)N(CCCN)C1CCC1. The summed E-state index contributed by atoms with van der Waals surface area (Å²) >= 11 is 0. The molecule has 0 aromatic heterocycles. The molecule has 94 valence electrons. The summed E-state index contributed by atoms with van der Waals surface area (Å²) in [5.41, 5.74) is 5.53. The fraction of sp³-hybridized carbons (Fsp3) is 0.917. The van der Waals surface area contributed by atoms with Crippen LogP contribution in [0, 0.1) is 0 Å². The van der Waals surface area contributed by atoms with Crippen LogP contribution in [0.25, 0.3) is 0 Å². The van der Waals surface area contributed by atoms with Crippen LogP contribution in [0.5, 0.6) is 0 Å². The molecule has 0 atom stereocenters. The molecule has 0 spiro atoms. The van der Waals surface area contributed by atoms with Crippen molar-refractivity contribution in [3.05, 3.63) is 0 Å². The third-order valence-electron chi connectivity index (χ3n) is 3.40. The molecule has 4 nitrogen and oxygen atoms in total. The monoisotopic (exact) mass is 227 g/mol. The van der Waals surface area contributed by atoms with E-state index < -0.39 is 0 Å². The van der Waals surface area contributed by atoms with Gasteiger partial charge in [0.15, 0.2) is 0 Å². The van der Waals surface area contributed by atoms with Crippen LogP contribution in [0.3, 0.4) is 0 Å². The fourth-order valence-corrected chi connectivity index (χ4v) is 2.07. The predicted octanol–water partition coefficient (Wildman–Crippen LogP) is 1.65. The van der Waals surface area contributed by atoms with E-state index in [1.54, 1.807) is 0 Å². The zero-order chi connectivity index (χ0) is 12.0. The number of nitrogens with two attached hydrogens (primary N) is 1. The van der Waals surface area contributed by atoms with Gasteiger partial charge in [0, 0.05) is 25.7 Å². The maximum atomic E-state index is 12.3. The summed E-state index contributed by atoms with van der Waals surface area (Å²) < 4.78 is 0. The highest BCUT2D eigenvalue weighted by molar-refractivity contribution is 5.74. The molecule has 0 heterocycles. The van der Waals surface area contributed by atoms with Crippen molar-refractivity contribution in [3.8, 4) is 0 Å². The summed E-state index contributed by atoms with van der Waals surface area (Å²) in [5.74, 6) is 0. The highest BCUT2D eigenvalue weighted by Gasteiger charge is 2.30. The lowest BCUT2D eigenvalue weighted by atomic mass is 9.91. The summed E-state index contributed by atoms with van der Waals surface area (Å²) in [4.78, 5) is 16.2. The minimum atomic E-state index is 0.197. The second kappa shape index (κ2) is 6.74. The Morgan fingerprint density at radius 3 is 2.31 bits per heavy atom. The summed E-state index contributed by atoms with van der Waals surface area (Å²) in [6, 6.07) is 0.669. The molecule has 1 aliphatic rings. The van der Waals surface area contributed by atoms with Crippen molar-refractivity contribution < 1.29 is 4.79 Å². The third-order valence-corrected chi connectivity index (χ3v) is 3.40. The van der Waals surface area contributed by atoms with E-state index >= 15 is 0 Å². The minimum absolute atomic E-state index is 0.197. The van der Waals surface area contributed by atoms with Gasteiger partial charge in [0.05, 0.1) is 0 Å². The van der Waals surface area contributed by atoms with Crippen molar-refractivity contribution in [3.63, 3.8) is 0 Å². The molecule has 16 heavy (non-hydrogen) atoms. The lowest BCUT2D eigenvalue weighted by Crippen LogP contribution is -2.51. The van der Waals surface area contributed by atoms with Crippen LogP contribution < -0.4 is 5.73 Å². The zero-order valence-corrected chi connectivity index (χ0v) is 10.6. The second-order valence-corrected chi connectivity index (χ2v) is 4.38. The summed E-state index contributed by atoms with van der Waals surface area (Å²) in [6.07, 6.45) is 4.49. The molecule has 0 bridgehead atoms. The number of carbonyl (C=O) groups is 1. The normalized spacial score (nSPS) is 15.7. The highest BCUT2D eigenvalue weighted by Crippen LogP contribution is 2.25. The van der Waals surface area contributed by atoms with Crippen molar-refractivity contribution >= 4 is 6.03 Å². The molecule has 2 N–H and O–H groups in total. The van der Waals surface area contributed by atoms with Crippen molar-refractivity contribution in [1.82, 2.24) is 9.80 Å². The Morgan fingerprint density at radius 1 is 1.31 bits per heavy atom. The van der Waals surface area contributed by atoms with E-state index in [1.807, 2.05) is 23.6 Å². The molecule has 1 fully saturated rings. The molecule has 0 radical (unpaired) electrons. The van der Waals surface area contributed by atoms with Gasteiger partial charge in [-0.25, -0.2) is 4.79 Å². The van der Waals surface area contributed by atoms with Crippen LogP contribution >= 0.6 is 0 Å². The first kappa shape index (κ1) is 13.3. The van der Waals surface area contributed by atoms with Crippen LogP contribution in [0.4, 0.5) is 4.79 Å². The summed E-state index contributed by atoms with van der Waals surface area (Å²) in [5, 5.41) is 0. The molecule has 0 aromatic rings. The van der Waals surface area contributed by atoms with Gasteiger partial charge in [0.2, 0.25) is 0 Å². The van der Waals surface area contributed by atoms with Crippen LogP contribution in [0.2, 0.25) is 0 Å². The first-order valence-corrected chi connectivity index (χ1v) is 6.50. The van der Waals surface area contributed by atoms with Gasteiger partial charge in [-0.1, -0.05) is 0 Å². The Balaban J connectivity index is 2.55. The number of carbonyl (C=O) groups excluding carboxylic acids is 1. The zero-order valence-electron chi connectivity index (χ0n) is 10.6. The van der Waals surface area contributed by atoms with Crippen LogP contribution in [-0.2, 0) is 0 Å². The molecule has 0 saturated heterocycles. The number of hydrogen-bond acceptors (Lipinski definition) is 2. The van der Waals surface area contributed by atoms with E-state index in [9.17, 15) is 4.79 Å².